The molecule has 358 valence electrons. The molecule has 1 aliphatic heterocycles. The third-order valence-electron chi connectivity index (χ3n) is 14.0. The minimum absolute atomic E-state index is 0.0663. The highest BCUT2D eigenvalue weighted by atomic mass is 79.9. The Morgan fingerprint density at radius 3 is 2.53 bits per heavy atom. The van der Waals surface area contributed by atoms with Crippen LogP contribution in [-0.4, -0.2) is 119 Å². The van der Waals surface area contributed by atoms with Crippen LogP contribution in [0, 0.1) is 22.7 Å². The Balaban J connectivity index is 1.12. The van der Waals surface area contributed by atoms with Crippen molar-refractivity contribution in [2.75, 3.05) is 23.8 Å². The molecule has 1 aromatic heterocycles. The quantitative estimate of drug-likeness (QED) is 0.0835. The summed E-state index contributed by atoms with van der Waals surface area (Å²) in [5, 5.41) is 38.6. The first kappa shape index (κ1) is 49.4. The number of ether oxygens (including phenoxy) is 2. The van der Waals surface area contributed by atoms with Crippen LogP contribution in [0.3, 0.4) is 0 Å². The van der Waals surface area contributed by atoms with Gasteiger partial charge in [0.05, 0.1) is 30.7 Å². The van der Waals surface area contributed by atoms with Crippen molar-refractivity contribution in [2.45, 2.75) is 101 Å². The third-order valence-corrected chi connectivity index (χ3v) is 15.0. The van der Waals surface area contributed by atoms with E-state index in [2.05, 4.69) is 36.4 Å². The number of nitrogens with zero attached hydrogens (tertiary/aromatic N) is 1. The Morgan fingerprint density at radius 2 is 1.85 bits per heavy atom. The van der Waals surface area contributed by atoms with Gasteiger partial charge in [-0.25, -0.2) is 13.3 Å². The fraction of sp³-hybridized carbons (Fsp3) is 0.535. The number of carbonyl (C=O) groups excluding carboxylic acids is 5. The highest BCUT2D eigenvalue weighted by molar-refractivity contribution is 9.09. The van der Waals surface area contributed by atoms with E-state index < -0.39 is 147 Å². The number of aromatic nitrogens is 1. The number of ketones is 2. The molecule has 2 heterocycles. The monoisotopic (exact) mass is 1010 g/mol. The van der Waals surface area contributed by atoms with E-state index in [9.17, 15) is 58.4 Å². The molecule has 7 rings (SSSR count). The maximum atomic E-state index is 17.9. The molecule has 8 N–H and O–H groups in total. The first-order valence-corrected chi connectivity index (χ1v) is 23.7. The van der Waals surface area contributed by atoms with Crippen LogP contribution >= 0.6 is 23.8 Å². The number of hydrogen-bond acceptors (Lipinski definition) is 12. The van der Waals surface area contributed by atoms with Crippen LogP contribution in [0.4, 0.5) is 14.5 Å². The number of rotatable bonds is 17. The Bertz CT molecular complexity index is 2430. The summed E-state index contributed by atoms with van der Waals surface area (Å²) in [5.74, 6) is -6.77. The molecular weight excluding hydrogens is 961 g/mol. The highest BCUT2D eigenvalue weighted by Crippen LogP contribution is 2.72. The summed E-state index contributed by atoms with van der Waals surface area (Å²) in [6, 6.07) is 5.08. The average Bonchev–Trinajstić information content (AvgIpc) is 3.95. The van der Waals surface area contributed by atoms with Crippen molar-refractivity contribution in [1.82, 2.24) is 15.2 Å². The number of carboxylic acid groups (broad SMARTS) is 1. The van der Waals surface area contributed by atoms with Gasteiger partial charge in [0.2, 0.25) is 17.7 Å². The number of aliphatic carboxylic acids is 1. The van der Waals surface area contributed by atoms with Gasteiger partial charge in [0, 0.05) is 58.9 Å². The standard InChI is InChI=1S/C43H50BrF2N4O15P/c1-40-9-7-25(52)12-28(40)29(45)13-27-26-14-34-43(33(54)21-63-66(60,61)62,41(26,2)15-32(53)42(27,40)46)65-39(64-34)23-8-10-50(19-23)18-22-3-4-24(20-51)31(11-22)49-38(59)30(5-6-37(57)58)48-36(56)17-47-35(55)16-44/h3-4,7-12,19,26-27,29-30,32,34,39,51,53H,5-6,13-18,20-21H2,1-2H3,(H,47,55)(H,48,56)(H,49,59)(H,57,58)(H2,60,61,62)/t26-,27-,29-,30-,32-,34+,39+,40-,41-,42-,43+/m0/s1. The van der Waals surface area contributed by atoms with Gasteiger partial charge in [-0.05, 0) is 73.9 Å². The summed E-state index contributed by atoms with van der Waals surface area (Å²) in [6.45, 7) is 1.07. The number of phosphoric ester groups is 1. The number of aliphatic hydroxyl groups excluding tert-OH is 2. The van der Waals surface area contributed by atoms with E-state index in [1.54, 1.807) is 48.1 Å². The lowest BCUT2D eigenvalue weighted by Crippen LogP contribution is -2.70. The number of fused-ring (bicyclic) bond motifs is 7. The summed E-state index contributed by atoms with van der Waals surface area (Å²) in [4.78, 5) is 94.7. The van der Waals surface area contributed by atoms with Gasteiger partial charge in [0.15, 0.2) is 29.1 Å². The second-order valence-electron chi connectivity index (χ2n) is 17.8. The molecule has 0 unspecified atom stereocenters. The van der Waals surface area contributed by atoms with Crippen LogP contribution in [-0.2, 0) is 60.5 Å². The third kappa shape index (κ3) is 8.87. The summed E-state index contributed by atoms with van der Waals surface area (Å²) in [7, 11) is -5.20. The molecule has 11 atom stereocenters. The largest absolute Gasteiger partial charge is 0.481 e. The van der Waals surface area contributed by atoms with E-state index in [0.29, 0.717) is 16.7 Å². The number of aliphatic hydroxyl groups is 2. The lowest BCUT2D eigenvalue weighted by atomic mass is 9.44. The van der Waals surface area contributed by atoms with E-state index in [-0.39, 0.29) is 36.0 Å². The van der Waals surface area contributed by atoms with Crippen molar-refractivity contribution in [3.05, 3.63) is 77.2 Å². The van der Waals surface area contributed by atoms with Gasteiger partial charge in [0.25, 0.3) is 0 Å². The summed E-state index contributed by atoms with van der Waals surface area (Å²) in [6.07, 6.45) is -0.944. The van der Waals surface area contributed by atoms with Crippen LogP contribution in [0.25, 0.3) is 0 Å². The Morgan fingerprint density at radius 1 is 1.11 bits per heavy atom. The van der Waals surface area contributed by atoms with Gasteiger partial charge >= 0.3 is 13.8 Å². The molecule has 1 aromatic carbocycles. The number of halogens is 3. The van der Waals surface area contributed by atoms with Crippen LogP contribution < -0.4 is 16.0 Å². The molecule has 5 aliphatic rings. The minimum Gasteiger partial charge on any atom is -0.481 e. The molecule has 2 aromatic rings. The molecule has 0 radical (unpaired) electrons. The zero-order chi connectivity index (χ0) is 48.1. The average molecular weight is 1010 g/mol. The number of benzene rings is 1. The molecule has 19 nitrogen and oxygen atoms in total. The van der Waals surface area contributed by atoms with E-state index in [4.69, 9.17) is 9.47 Å². The summed E-state index contributed by atoms with van der Waals surface area (Å²) < 4.78 is 65.2. The fourth-order valence-corrected chi connectivity index (χ4v) is 11.4. The number of carboxylic acids is 1. The first-order chi connectivity index (χ1) is 31.0. The molecule has 3 saturated carbocycles. The molecule has 4 fully saturated rings. The van der Waals surface area contributed by atoms with Crippen molar-refractivity contribution in [3.8, 4) is 0 Å². The number of phosphoric acid groups is 1. The van der Waals surface area contributed by atoms with Crippen molar-refractivity contribution in [3.63, 3.8) is 0 Å². The van der Waals surface area contributed by atoms with Crippen LogP contribution in [0.15, 0.2) is 60.5 Å². The van der Waals surface area contributed by atoms with Gasteiger partial charge in [-0.15, -0.1) is 0 Å². The van der Waals surface area contributed by atoms with Crippen molar-refractivity contribution in [2.24, 2.45) is 22.7 Å². The van der Waals surface area contributed by atoms with Crippen LogP contribution in [0.5, 0.6) is 0 Å². The van der Waals surface area contributed by atoms with Gasteiger partial charge in [0.1, 0.15) is 18.8 Å². The fourth-order valence-electron chi connectivity index (χ4n) is 11.0. The molecule has 0 spiro atoms. The molecule has 4 aliphatic carbocycles. The molecule has 66 heavy (non-hydrogen) atoms. The Hall–Kier alpha value is -4.51. The van der Waals surface area contributed by atoms with Crippen molar-refractivity contribution in [1.29, 1.82) is 0 Å². The number of alkyl halides is 3. The SMILES string of the molecule is C[C@]12C=CC(=O)C=C1[C@@H](F)C[C@H]1[C@@H]3C[C@H]4O[C@@H](c5ccn(Cc6ccc(CO)c(NC(=O)[C@H](CCC(=O)O)NC(=O)CNC(=O)CBr)c6)c5)O[C@@]4(C(=O)COP(=O)(O)O)[C@@]3(C)C[C@H](O)[C@@]12F. The Labute approximate surface area is 384 Å². The van der Waals surface area contributed by atoms with Crippen molar-refractivity contribution < 1.29 is 81.2 Å². The summed E-state index contributed by atoms with van der Waals surface area (Å²) >= 11 is 2.96. The first-order valence-electron chi connectivity index (χ1n) is 21.1. The summed E-state index contributed by atoms with van der Waals surface area (Å²) in [5.41, 5.74) is -6.44. The zero-order valence-electron chi connectivity index (χ0n) is 35.7. The predicted octanol–water partition coefficient (Wildman–Crippen LogP) is 2.59. The van der Waals surface area contributed by atoms with Gasteiger partial charge < -0.3 is 55.1 Å². The number of nitrogens with one attached hydrogen (secondary N) is 3. The van der Waals surface area contributed by atoms with E-state index >= 15 is 8.78 Å². The van der Waals surface area contributed by atoms with E-state index in [1.165, 1.54) is 13.0 Å². The maximum absolute atomic E-state index is 17.9. The van der Waals surface area contributed by atoms with Gasteiger partial charge in [-0.3, -0.25) is 33.3 Å². The lowest BCUT2D eigenvalue weighted by Gasteiger charge is -2.63. The number of amides is 3. The number of hydrogen-bond donors (Lipinski definition) is 8. The molecule has 0 bridgehead atoms. The van der Waals surface area contributed by atoms with Gasteiger partial charge in [-0.1, -0.05) is 41.1 Å². The smallest absolute Gasteiger partial charge is 0.470 e. The van der Waals surface area contributed by atoms with Crippen LogP contribution in [0.1, 0.15) is 68.9 Å². The Kier molecular flexibility index (Phi) is 13.9. The van der Waals surface area contributed by atoms with Crippen molar-refractivity contribution >= 4 is 64.7 Å². The second kappa shape index (κ2) is 18.5. The molecule has 3 amide bonds. The lowest BCUT2D eigenvalue weighted by molar-refractivity contribution is -0.235. The molecule has 23 heteroatoms. The maximum Gasteiger partial charge on any atom is 0.470 e. The zero-order valence-corrected chi connectivity index (χ0v) is 38.1. The van der Waals surface area contributed by atoms with E-state index in [0.717, 1.165) is 12.2 Å². The second-order valence-corrected chi connectivity index (χ2v) is 19.6. The topological polar surface area (TPSA) is 289 Å². The molecule has 1 saturated heterocycles. The van der Waals surface area contributed by atoms with E-state index in [1.807, 2.05) is 0 Å². The minimum atomic E-state index is -5.20. The molecular formula is C43H50BrF2N4O15P. The number of carbonyl (C=O) groups is 6. The number of anilines is 1. The normalized spacial score (nSPS) is 32.6. The highest BCUT2D eigenvalue weighted by Gasteiger charge is 2.80. The number of allylic oxidation sites excluding steroid dienone is 4. The van der Waals surface area contributed by atoms with Crippen LogP contribution in [0.2, 0.25) is 0 Å². The van der Waals surface area contributed by atoms with Gasteiger partial charge in [-0.2, -0.15) is 0 Å². The predicted molar refractivity (Wildman–Crippen MR) is 229 cm³/mol. The number of Topliss-reactive ketones (excluding diaryl/α,β-unsaturated/α-hetero) is 1.